The van der Waals surface area contributed by atoms with Gasteiger partial charge in [0, 0.05) is 36.1 Å². The average Bonchev–Trinajstić information content (AvgIpc) is 2.52. The van der Waals surface area contributed by atoms with E-state index in [-0.39, 0.29) is 18.1 Å². The summed E-state index contributed by atoms with van der Waals surface area (Å²) in [5.74, 6) is 0.287. The molecule has 0 unspecified atom stereocenters. The van der Waals surface area contributed by atoms with Crippen molar-refractivity contribution in [1.82, 2.24) is 4.98 Å². The number of nitrogens with one attached hydrogen (secondary N) is 1. The molecule has 0 atom stereocenters. The fourth-order valence-corrected chi connectivity index (χ4v) is 1.97. The fraction of sp³-hybridized carbons (Fsp3) is 0.214. The largest absolute Gasteiger partial charge is 0.481 e. The van der Waals surface area contributed by atoms with Crippen LogP contribution in [0.4, 0.5) is 24.5 Å². The summed E-state index contributed by atoms with van der Waals surface area (Å²) in [5.41, 5.74) is -1.42. The molecular weight excluding hydrogens is 315 g/mol. The standard InChI is InChI=1S/C14H12F3N3O3/c1-23-13-9(3-2-6-18-13)8-19-12-5-4-10(20(21)22)7-11(12)14(15,16)17/h2-7,19H,8H2,1H3. The number of aromatic nitrogens is 1. The zero-order valence-electron chi connectivity index (χ0n) is 11.9. The van der Waals surface area contributed by atoms with Crippen LogP contribution in [-0.4, -0.2) is 17.0 Å². The Bertz CT molecular complexity index is 720. The molecule has 0 aliphatic heterocycles. The Morgan fingerprint density at radius 3 is 2.70 bits per heavy atom. The van der Waals surface area contributed by atoms with Crippen LogP contribution in [0.2, 0.25) is 0 Å². The molecule has 0 saturated heterocycles. The monoisotopic (exact) mass is 327 g/mol. The summed E-state index contributed by atoms with van der Waals surface area (Å²) in [4.78, 5) is 13.7. The number of nitro groups is 1. The number of ether oxygens (including phenoxy) is 1. The first kappa shape index (κ1) is 16.5. The smallest absolute Gasteiger partial charge is 0.418 e. The molecule has 0 saturated carbocycles. The number of anilines is 1. The first-order valence-corrected chi connectivity index (χ1v) is 6.40. The lowest BCUT2D eigenvalue weighted by Crippen LogP contribution is -2.12. The maximum Gasteiger partial charge on any atom is 0.418 e. The Morgan fingerprint density at radius 2 is 2.09 bits per heavy atom. The number of hydrogen-bond acceptors (Lipinski definition) is 5. The summed E-state index contributed by atoms with van der Waals surface area (Å²) < 4.78 is 44.2. The van der Waals surface area contributed by atoms with Gasteiger partial charge in [-0.15, -0.1) is 0 Å². The third kappa shape index (κ3) is 3.87. The lowest BCUT2D eigenvalue weighted by molar-refractivity contribution is -0.385. The maximum absolute atomic E-state index is 13.1. The minimum absolute atomic E-state index is 0.0257. The van der Waals surface area contributed by atoms with Crippen molar-refractivity contribution < 1.29 is 22.8 Å². The zero-order valence-corrected chi connectivity index (χ0v) is 11.9. The molecule has 1 aromatic heterocycles. The minimum atomic E-state index is -4.71. The zero-order chi connectivity index (χ0) is 17.0. The molecule has 122 valence electrons. The number of pyridine rings is 1. The van der Waals surface area contributed by atoms with Crippen molar-refractivity contribution in [2.45, 2.75) is 12.7 Å². The van der Waals surface area contributed by atoms with E-state index in [9.17, 15) is 23.3 Å². The third-order valence-electron chi connectivity index (χ3n) is 3.03. The highest BCUT2D eigenvalue weighted by molar-refractivity contribution is 5.57. The summed E-state index contributed by atoms with van der Waals surface area (Å²) >= 11 is 0. The van der Waals surface area contributed by atoms with Gasteiger partial charge in [-0.1, -0.05) is 6.07 Å². The number of hydrogen-bond donors (Lipinski definition) is 1. The molecule has 0 aliphatic rings. The second-order valence-corrected chi connectivity index (χ2v) is 4.51. The van der Waals surface area contributed by atoms with Crippen LogP contribution in [-0.2, 0) is 12.7 Å². The van der Waals surface area contributed by atoms with E-state index in [0.29, 0.717) is 11.6 Å². The van der Waals surface area contributed by atoms with E-state index in [1.54, 1.807) is 12.1 Å². The number of benzene rings is 1. The second-order valence-electron chi connectivity index (χ2n) is 4.51. The maximum atomic E-state index is 13.1. The number of alkyl halides is 3. The summed E-state index contributed by atoms with van der Waals surface area (Å²) in [7, 11) is 1.40. The van der Waals surface area contributed by atoms with Crippen molar-refractivity contribution in [3.05, 3.63) is 57.8 Å². The lowest BCUT2D eigenvalue weighted by Gasteiger charge is -2.15. The topological polar surface area (TPSA) is 77.3 Å². The first-order chi connectivity index (χ1) is 10.8. The van der Waals surface area contributed by atoms with E-state index in [1.165, 1.54) is 13.3 Å². The summed E-state index contributed by atoms with van der Waals surface area (Å²) in [6.07, 6.45) is -3.22. The molecule has 1 aromatic carbocycles. The van der Waals surface area contributed by atoms with E-state index in [2.05, 4.69) is 10.3 Å². The van der Waals surface area contributed by atoms with Crippen LogP contribution in [0.15, 0.2) is 36.5 Å². The predicted octanol–water partition coefficient (Wildman–Crippen LogP) is 3.63. The van der Waals surface area contributed by atoms with Gasteiger partial charge in [0.1, 0.15) is 0 Å². The van der Waals surface area contributed by atoms with Gasteiger partial charge in [0.15, 0.2) is 0 Å². The Morgan fingerprint density at radius 1 is 1.35 bits per heavy atom. The van der Waals surface area contributed by atoms with Gasteiger partial charge in [0.2, 0.25) is 5.88 Å². The molecule has 0 amide bonds. The van der Waals surface area contributed by atoms with E-state index in [1.807, 2.05) is 0 Å². The van der Waals surface area contributed by atoms with Gasteiger partial charge < -0.3 is 10.1 Å². The van der Waals surface area contributed by atoms with E-state index >= 15 is 0 Å². The van der Waals surface area contributed by atoms with Gasteiger partial charge in [0.05, 0.1) is 17.6 Å². The number of halogens is 3. The van der Waals surface area contributed by atoms with Crippen LogP contribution in [0.1, 0.15) is 11.1 Å². The highest BCUT2D eigenvalue weighted by Crippen LogP contribution is 2.37. The van der Waals surface area contributed by atoms with Gasteiger partial charge >= 0.3 is 6.18 Å². The van der Waals surface area contributed by atoms with Crippen molar-refractivity contribution in [1.29, 1.82) is 0 Å². The molecule has 0 spiro atoms. The fourth-order valence-electron chi connectivity index (χ4n) is 1.97. The molecule has 0 aliphatic carbocycles. The SMILES string of the molecule is COc1ncccc1CNc1ccc([N+](=O)[O-])cc1C(F)(F)F. The van der Waals surface area contributed by atoms with Crippen LogP contribution >= 0.6 is 0 Å². The van der Waals surface area contributed by atoms with Crippen LogP contribution in [0.25, 0.3) is 0 Å². The van der Waals surface area contributed by atoms with Crippen LogP contribution in [0.5, 0.6) is 5.88 Å². The molecule has 23 heavy (non-hydrogen) atoms. The van der Waals surface area contributed by atoms with Gasteiger partial charge in [-0.25, -0.2) is 4.98 Å². The Balaban J connectivity index is 2.30. The van der Waals surface area contributed by atoms with Crippen LogP contribution < -0.4 is 10.1 Å². The number of nitro benzene ring substituents is 1. The summed E-state index contributed by atoms with van der Waals surface area (Å²) in [6.45, 7) is 0.0257. The summed E-state index contributed by atoms with van der Waals surface area (Å²) in [5, 5.41) is 13.3. The number of non-ortho nitro benzene ring substituents is 1. The van der Waals surface area contributed by atoms with E-state index in [0.717, 1.165) is 12.1 Å². The molecule has 2 rings (SSSR count). The molecule has 0 fully saturated rings. The highest BCUT2D eigenvalue weighted by Gasteiger charge is 2.35. The lowest BCUT2D eigenvalue weighted by atomic mass is 10.1. The molecule has 9 heteroatoms. The molecule has 0 radical (unpaired) electrons. The van der Waals surface area contributed by atoms with E-state index in [4.69, 9.17) is 4.74 Å². The minimum Gasteiger partial charge on any atom is -0.481 e. The normalized spacial score (nSPS) is 11.1. The van der Waals surface area contributed by atoms with Crippen LogP contribution in [0.3, 0.4) is 0 Å². The van der Waals surface area contributed by atoms with Crippen molar-refractivity contribution >= 4 is 11.4 Å². The second kappa shape index (κ2) is 6.51. The first-order valence-electron chi connectivity index (χ1n) is 6.40. The summed E-state index contributed by atoms with van der Waals surface area (Å²) in [6, 6.07) is 5.82. The Labute approximate surface area is 129 Å². The van der Waals surface area contributed by atoms with Gasteiger partial charge in [-0.05, 0) is 12.1 Å². The van der Waals surface area contributed by atoms with Gasteiger partial charge in [-0.3, -0.25) is 10.1 Å². The quantitative estimate of drug-likeness (QED) is 0.670. The van der Waals surface area contributed by atoms with Crippen molar-refractivity contribution in [3.8, 4) is 5.88 Å². The number of methoxy groups -OCH3 is 1. The van der Waals surface area contributed by atoms with Crippen molar-refractivity contribution in [2.24, 2.45) is 0 Å². The van der Waals surface area contributed by atoms with E-state index < -0.39 is 22.4 Å². The number of rotatable bonds is 5. The van der Waals surface area contributed by atoms with Crippen molar-refractivity contribution in [2.75, 3.05) is 12.4 Å². The molecule has 2 aromatic rings. The average molecular weight is 327 g/mol. The Kier molecular flexibility index (Phi) is 4.68. The molecule has 6 nitrogen and oxygen atoms in total. The van der Waals surface area contributed by atoms with Gasteiger partial charge in [-0.2, -0.15) is 13.2 Å². The van der Waals surface area contributed by atoms with Crippen LogP contribution in [0, 0.1) is 10.1 Å². The Hall–Kier alpha value is -2.84. The van der Waals surface area contributed by atoms with Gasteiger partial charge in [0.25, 0.3) is 5.69 Å². The number of nitrogens with zero attached hydrogens (tertiary/aromatic N) is 2. The third-order valence-corrected chi connectivity index (χ3v) is 3.03. The highest BCUT2D eigenvalue weighted by atomic mass is 19.4. The molecule has 1 N–H and O–H groups in total. The molecule has 0 bridgehead atoms. The molecular formula is C14H12F3N3O3. The molecule has 1 heterocycles. The predicted molar refractivity (Wildman–Crippen MR) is 76.2 cm³/mol. The van der Waals surface area contributed by atoms with Crippen molar-refractivity contribution in [3.63, 3.8) is 0 Å².